The molecule has 2 atom stereocenters. The smallest absolute Gasteiger partial charge is 0.00953 e. The van der Waals surface area contributed by atoms with Gasteiger partial charge in [-0.2, -0.15) is 0 Å². The zero-order chi connectivity index (χ0) is 11.8. The van der Waals surface area contributed by atoms with E-state index in [0.29, 0.717) is 0 Å². The maximum absolute atomic E-state index is 2.58. The molecule has 1 aliphatic rings. The van der Waals surface area contributed by atoms with Crippen LogP contribution < -0.4 is 0 Å². The normalized spacial score (nSPS) is 23.8. The van der Waals surface area contributed by atoms with E-state index in [0.717, 1.165) is 12.0 Å². The third kappa shape index (κ3) is 4.86. The first-order valence-corrected chi connectivity index (χ1v) is 7.48. The summed E-state index contributed by atoms with van der Waals surface area (Å²) >= 11 is 0. The Morgan fingerprint density at radius 3 is 2.56 bits per heavy atom. The van der Waals surface area contributed by atoms with Crippen molar-refractivity contribution in [2.45, 2.75) is 77.7 Å². The molecule has 1 aliphatic heterocycles. The van der Waals surface area contributed by atoms with E-state index >= 15 is 0 Å². The molecule has 0 N–H and O–H groups in total. The van der Waals surface area contributed by atoms with Crippen LogP contribution in [-0.4, -0.2) is 24.5 Å². The quantitative estimate of drug-likeness (QED) is 0.551. The predicted molar refractivity (Wildman–Crippen MR) is 72.8 cm³/mol. The van der Waals surface area contributed by atoms with Crippen molar-refractivity contribution >= 4 is 0 Å². The molecule has 0 bridgehead atoms. The SMILES string of the molecule is CCCCCCC(CC)C[C@@H]1CCCN1C. The molecule has 1 nitrogen and oxygen atoms in total. The summed E-state index contributed by atoms with van der Waals surface area (Å²) in [5.74, 6) is 0.988. The average Bonchev–Trinajstić information content (AvgIpc) is 2.68. The molecule has 1 heteroatoms. The minimum absolute atomic E-state index is 0.899. The predicted octanol–water partition coefficient (Wildman–Crippen LogP) is 4.47. The van der Waals surface area contributed by atoms with Gasteiger partial charge >= 0.3 is 0 Å². The van der Waals surface area contributed by atoms with E-state index in [-0.39, 0.29) is 0 Å². The third-order valence-electron chi connectivity index (χ3n) is 4.32. The molecule has 1 fully saturated rings. The van der Waals surface area contributed by atoms with Gasteiger partial charge in [-0.1, -0.05) is 52.4 Å². The van der Waals surface area contributed by atoms with Crippen molar-refractivity contribution in [2.24, 2.45) is 5.92 Å². The Hall–Kier alpha value is -0.0400. The summed E-state index contributed by atoms with van der Waals surface area (Å²) < 4.78 is 0. The van der Waals surface area contributed by atoms with Crippen LogP contribution in [0.4, 0.5) is 0 Å². The monoisotopic (exact) mass is 225 g/mol. The van der Waals surface area contributed by atoms with E-state index in [1.807, 2.05) is 0 Å². The van der Waals surface area contributed by atoms with Gasteiger partial charge in [0.15, 0.2) is 0 Å². The van der Waals surface area contributed by atoms with Crippen molar-refractivity contribution in [3.8, 4) is 0 Å². The average molecular weight is 225 g/mol. The summed E-state index contributed by atoms with van der Waals surface area (Å²) in [4.78, 5) is 2.58. The van der Waals surface area contributed by atoms with Crippen LogP contribution in [0.5, 0.6) is 0 Å². The molecule has 16 heavy (non-hydrogen) atoms. The first kappa shape index (κ1) is 14.0. The Balaban J connectivity index is 2.15. The van der Waals surface area contributed by atoms with E-state index in [1.165, 1.54) is 64.3 Å². The first-order chi connectivity index (χ1) is 7.77. The maximum Gasteiger partial charge on any atom is 0.00953 e. The lowest BCUT2D eigenvalue weighted by Gasteiger charge is -2.24. The number of unbranched alkanes of at least 4 members (excludes halogenated alkanes) is 3. The second-order valence-corrected chi connectivity index (χ2v) is 5.64. The van der Waals surface area contributed by atoms with E-state index in [2.05, 4.69) is 25.8 Å². The van der Waals surface area contributed by atoms with Crippen LogP contribution >= 0.6 is 0 Å². The van der Waals surface area contributed by atoms with Gasteiger partial charge in [-0.15, -0.1) is 0 Å². The van der Waals surface area contributed by atoms with Gasteiger partial charge in [-0.3, -0.25) is 0 Å². The van der Waals surface area contributed by atoms with Gasteiger partial charge in [0.1, 0.15) is 0 Å². The molecule has 1 unspecified atom stereocenters. The summed E-state index contributed by atoms with van der Waals surface area (Å²) in [5.41, 5.74) is 0. The minimum Gasteiger partial charge on any atom is -0.303 e. The van der Waals surface area contributed by atoms with Crippen LogP contribution in [0.1, 0.15) is 71.6 Å². The van der Waals surface area contributed by atoms with Crippen LogP contribution in [0.15, 0.2) is 0 Å². The molecular formula is C15H31N. The molecule has 0 aromatic heterocycles. The fourth-order valence-corrected chi connectivity index (χ4v) is 3.01. The Morgan fingerprint density at radius 1 is 1.19 bits per heavy atom. The highest BCUT2D eigenvalue weighted by Gasteiger charge is 2.23. The highest BCUT2D eigenvalue weighted by atomic mass is 15.1. The van der Waals surface area contributed by atoms with Crippen LogP contribution in [-0.2, 0) is 0 Å². The molecule has 0 saturated carbocycles. The minimum atomic E-state index is 0.899. The maximum atomic E-state index is 2.58. The van der Waals surface area contributed by atoms with Crippen molar-refractivity contribution in [2.75, 3.05) is 13.6 Å². The first-order valence-electron chi connectivity index (χ1n) is 7.48. The van der Waals surface area contributed by atoms with Gasteiger partial charge in [0.25, 0.3) is 0 Å². The van der Waals surface area contributed by atoms with Crippen molar-refractivity contribution in [1.82, 2.24) is 4.90 Å². The van der Waals surface area contributed by atoms with Crippen molar-refractivity contribution in [3.05, 3.63) is 0 Å². The Morgan fingerprint density at radius 2 is 2.00 bits per heavy atom. The summed E-state index contributed by atoms with van der Waals surface area (Å²) in [7, 11) is 2.31. The molecule has 96 valence electrons. The lowest BCUT2D eigenvalue weighted by molar-refractivity contribution is 0.248. The van der Waals surface area contributed by atoms with E-state index in [4.69, 9.17) is 0 Å². The van der Waals surface area contributed by atoms with Crippen LogP contribution in [0.3, 0.4) is 0 Å². The topological polar surface area (TPSA) is 3.24 Å². The van der Waals surface area contributed by atoms with Gasteiger partial charge in [-0.25, -0.2) is 0 Å². The van der Waals surface area contributed by atoms with Crippen LogP contribution in [0, 0.1) is 5.92 Å². The number of rotatable bonds is 8. The van der Waals surface area contributed by atoms with E-state index in [9.17, 15) is 0 Å². The van der Waals surface area contributed by atoms with E-state index in [1.54, 1.807) is 0 Å². The lowest BCUT2D eigenvalue weighted by atomic mass is 9.91. The Bertz CT molecular complexity index is 167. The molecule has 0 aromatic rings. The second kappa shape index (κ2) is 8.11. The molecule has 0 aliphatic carbocycles. The summed E-state index contributed by atoms with van der Waals surface area (Å²) in [6.07, 6.45) is 12.9. The largest absolute Gasteiger partial charge is 0.303 e. The third-order valence-corrected chi connectivity index (χ3v) is 4.32. The Kier molecular flexibility index (Phi) is 7.11. The van der Waals surface area contributed by atoms with Gasteiger partial charge in [0.05, 0.1) is 0 Å². The molecule has 0 aromatic carbocycles. The molecule has 1 rings (SSSR count). The van der Waals surface area contributed by atoms with Gasteiger partial charge in [-0.05, 0) is 38.8 Å². The molecule has 0 amide bonds. The zero-order valence-corrected chi connectivity index (χ0v) is 11.7. The fourth-order valence-electron chi connectivity index (χ4n) is 3.01. The summed E-state index contributed by atoms with van der Waals surface area (Å²) in [6, 6.07) is 0.899. The second-order valence-electron chi connectivity index (χ2n) is 5.64. The van der Waals surface area contributed by atoms with Crippen LogP contribution in [0.25, 0.3) is 0 Å². The standard InChI is InChI=1S/C15H31N/c1-4-6-7-8-10-14(5-2)13-15-11-9-12-16(15)3/h14-15H,4-13H2,1-3H3/t14?,15-/m0/s1. The molecule has 1 saturated heterocycles. The Labute approximate surface area is 103 Å². The van der Waals surface area contributed by atoms with E-state index < -0.39 is 0 Å². The highest BCUT2D eigenvalue weighted by molar-refractivity contribution is 4.78. The lowest BCUT2D eigenvalue weighted by Crippen LogP contribution is -2.27. The summed E-state index contributed by atoms with van der Waals surface area (Å²) in [6.45, 7) is 6.00. The molecule has 1 heterocycles. The van der Waals surface area contributed by atoms with Crippen molar-refractivity contribution in [3.63, 3.8) is 0 Å². The van der Waals surface area contributed by atoms with Gasteiger partial charge in [0, 0.05) is 6.04 Å². The molecule has 0 radical (unpaired) electrons. The van der Waals surface area contributed by atoms with Crippen molar-refractivity contribution in [1.29, 1.82) is 0 Å². The highest BCUT2D eigenvalue weighted by Crippen LogP contribution is 2.26. The van der Waals surface area contributed by atoms with Crippen LogP contribution in [0.2, 0.25) is 0 Å². The number of hydrogen-bond donors (Lipinski definition) is 0. The van der Waals surface area contributed by atoms with Gasteiger partial charge in [0.2, 0.25) is 0 Å². The van der Waals surface area contributed by atoms with Gasteiger partial charge < -0.3 is 4.90 Å². The fraction of sp³-hybridized carbons (Fsp3) is 1.00. The molecular weight excluding hydrogens is 194 g/mol. The molecule has 0 spiro atoms. The zero-order valence-electron chi connectivity index (χ0n) is 11.7. The van der Waals surface area contributed by atoms with Crippen molar-refractivity contribution < 1.29 is 0 Å². The summed E-state index contributed by atoms with van der Waals surface area (Å²) in [5, 5.41) is 0. The number of likely N-dealkylation sites (tertiary alicyclic amines) is 1. The number of nitrogens with zero attached hydrogens (tertiary/aromatic N) is 1. The number of hydrogen-bond acceptors (Lipinski definition) is 1.